The van der Waals surface area contributed by atoms with Crippen LogP contribution in [0.1, 0.15) is 5.56 Å². The molecule has 26 heavy (non-hydrogen) atoms. The molecule has 2 amide bonds. The van der Waals surface area contributed by atoms with Gasteiger partial charge in [-0.05, 0) is 35.1 Å². The lowest BCUT2D eigenvalue weighted by atomic mass is 9.99. The number of carbonyl (C=O) groups excluding carboxylic acids is 2. The van der Waals surface area contributed by atoms with E-state index >= 15 is 0 Å². The first kappa shape index (κ1) is 17.6. The first-order valence-corrected chi connectivity index (χ1v) is 8.26. The standard InChI is InChI=1S/C20H16N2O3S/c1-4-11-25-17-10-9-13-7-5-6-8-14(13)15(17)12-16-18(23)21(2)20(26)22(3)19(16)24/h1,5-10,12H,11H2,2-3H3. The molecule has 0 bridgehead atoms. The maximum Gasteiger partial charge on any atom is 0.265 e. The number of hydrogen-bond acceptors (Lipinski definition) is 4. The molecular weight excluding hydrogens is 348 g/mol. The fourth-order valence-electron chi connectivity index (χ4n) is 2.79. The second-order valence-electron chi connectivity index (χ2n) is 5.76. The Kier molecular flexibility index (Phi) is 4.74. The van der Waals surface area contributed by atoms with Crippen LogP contribution in [0.2, 0.25) is 0 Å². The maximum atomic E-state index is 12.6. The Balaban J connectivity index is 2.21. The highest BCUT2D eigenvalue weighted by Gasteiger charge is 2.35. The van der Waals surface area contributed by atoms with Crippen molar-refractivity contribution in [2.45, 2.75) is 0 Å². The van der Waals surface area contributed by atoms with Gasteiger partial charge in [0.2, 0.25) is 0 Å². The summed E-state index contributed by atoms with van der Waals surface area (Å²) in [6.07, 6.45) is 6.84. The van der Waals surface area contributed by atoms with Crippen molar-refractivity contribution >= 4 is 46.0 Å². The lowest BCUT2D eigenvalue weighted by Gasteiger charge is -2.31. The summed E-state index contributed by atoms with van der Waals surface area (Å²) in [5.74, 6) is 2.03. The Morgan fingerprint density at radius 1 is 1.12 bits per heavy atom. The molecule has 1 aliphatic rings. The molecule has 0 radical (unpaired) electrons. The van der Waals surface area contributed by atoms with Crippen LogP contribution in [-0.2, 0) is 9.59 Å². The maximum absolute atomic E-state index is 12.6. The van der Waals surface area contributed by atoms with Crippen LogP contribution < -0.4 is 4.74 Å². The third-order valence-corrected chi connectivity index (χ3v) is 4.72. The molecule has 5 nitrogen and oxygen atoms in total. The van der Waals surface area contributed by atoms with Gasteiger partial charge in [0, 0.05) is 19.7 Å². The van der Waals surface area contributed by atoms with Gasteiger partial charge in [0.1, 0.15) is 17.9 Å². The number of terminal acetylenes is 1. The van der Waals surface area contributed by atoms with Crippen LogP contribution in [-0.4, -0.2) is 47.4 Å². The van der Waals surface area contributed by atoms with Crippen LogP contribution in [0.3, 0.4) is 0 Å². The molecule has 0 N–H and O–H groups in total. The van der Waals surface area contributed by atoms with E-state index in [2.05, 4.69) is 5.92 Å². The lowest BCUT2D eigenvalue weighted by molar-refractivity contribution is -0.132. The summed E-state index contributed by atoms with van der Waals surface area (Å²) in [5.41, 5.74) is 0.648. The van der Waals surface area contributed by atoms with Gasteiger partial charge in [-0.2, -0.15) is 0 Å². The number of nitrogens with zero attached hydrogens (tertiary/aromatic N) is 2. The smallest absolute Gasteiger partial charge is 0.265 e. The molecular formula is C20H16N2O3S. The number of fused-ring (bicyclic) bond motifs is 1. The number of benzene rings is 2. The number of thiocarbonyl (C=S) groups is 1. The second-order valence-corrected chi connectivity index (χ2v) is 6.13. The van der Waals surface area contributed by atoms with Crippen LogP contribution in [0, 0.1) is 12.3 Å². The van der Waals surface area contributed by atoms with Gasteiger partial charge in [-0.25, -0.2) is 0 Å². The SMILES string of the molecule is C#CCOc1ccc2ccccc2c1C=C1C(=O)N(C)C(=S)N(C)C1=O. The molecule has 1 saturated heterocycles. The van der Waals surface area contributed by atoms with E-state index < -0.39 is 11.8 Å². The zero-order chi connectivity index (χ0) is 18.8. The minimum Gasteiger partial charge on any atom is -0.480 e. The normalized spacial score (nSPS) is 14.7. The topological polar surface area (TPSA) is 49.9 Å². The zero-order valence-corrected chi connectivity index (χ0v) is 15.2. The van der Waals surface area contributed by atoms with Gasteiger partial charge in [-0.3, -0.25) is 19.4 Å². The summed E-state index contributed by atoms with van der Waals surface area (Å²) in [4.78, 5) is 27.8. The second kappa shape index (κ2) is 6.98. The number of amides is 2. The van der Waals surface area contributed by atoms with E-state index in [0.717, 1.165) is 10.8 Å². The Bertz CT molecular complexity index is 978. The lowest BCUT2D eigenvalue weighted by Crippen LogP contribution is -2.52. The van der Waals surface area contributed by atoms with Crippen molar-refractivity contribution in [3.8, 4) is 18.1 Å². The van der Waals surface area contributed by atoms with E-state index in [1.165, 1.54) is 9.80 Å². The van der Waals surface area contributed by atoms with Crippen LogP contribution >= 0.6 is 12.2 Å². The average molecular weight is 364 g/mol. The molecule has 0 atom stereocenters. The third-order valence-electron chi connectivity index (χ3n) is 4.17. The van der Waals surface area contributed by atoms with E-state index in [0.29, 0.717) is 11.3 Å². The van der Waals surface area contributed by atoms with Crippen molar-refractivity contribution in [2.24, 2.45) is 0 Å². The minimum atomic E-state index is -0.450. The van der Waals surface area contributed by atoms with Gasteiger partial charge in [-0.1, -0.05) is 36.3 Å². The number of carbonyl (C=O) groups is 2. The number of likely N-dealkylation sites (N-methyl/N-ethyl adjacent to an activating group) is 2. The van der Waals surface area contributed by atoms with Crippen molar-refractivity contribution in [3.63, 3.8) is 0 Å². The predicted molar refractivity (Wildman–Crippen MR) is 104 cm³/mol. The summed E-state index contributed by atoms with van der Waals surface area (Å²) < 4.78 is 5.62. The molecule has 6 heteroatoms. The fraction of sp³-hybridized carbons (Fsp3) is 0.150. The molecule has 0 aliphatic carbocycles. The molecule has 1 heterocycles. The van der Waals surface area contributed by atoms with Gasteiger partial charge in [-0.15, -0.1) is 6.42 Å². The van der Waals surface area contributed by atoms with Gasteiger partial charge in [0.15, 0.2) is 5.11 Å². The van der Waals surface area contributed by atoms with Crippen LogP contribution in [0.5, 0.6) is 5.75 Å². The largest absolute Gasteiger partial charge is 0.480 e. The van der Waals surface area contributed by atoms with E-state index in [9.17, 15) is 9.59 Å². The Morgan fingerprint density at radius 2 is 1.77 bits per heavy atom. The molecule has 1 fully saturated rings. The van der Waals surface area contributed by atoms with Crippen LogP contribution in [0.15, 0.2) is 42.0 Å². The first-order valence-electron chi connectivity index (χ1n) is 7.85. The zero-order valence-electron chi connectivity index (χ0n) is 14.4. The van der Waals surface area contributed by atoms with E-state index in [-0.39, 0.29) is 17.3 Å². The summed E-state index contributed by atoms with van der Waals surface area (Å²) in [6, 6.07) is 11.3. The van der Waals surface area contributed by atoms with Gasteiger partial charge < -0.3 is 4.74 Å². The monoisotopic (exact) mass is 364 g/mol. The number of ether oxygens (including phenoxy) is 1. The summed E-state index contributed by atoms with van der Waals surface area (Å²) in [5, 5.41) is 1.98. The van der Waals surface area contributed by atoms with Gasteiger partial charge >= 0.3 is 0 Å². The Morgan fingerprint density at radius 3 is 2.42 bits per heavy atom. The average Bonchev–Trinajstić information content (AvgIpc) is 2.67. The summed E-state index contributed by atoms with van der Waals surface area (Å²) in [6.45, 7) is 0.0836. The molecule has 0 unspecified atom stereocenters. The van der Waals surface area contributed by atoms with Crippen molar-refractivity contribution in [3.05, 3.63) is 47.5 Å². The molecule has 3 rings (SSSR count). The van der Waals surface area contributed by atoms with E-state index in [1.54, 1.807) is 26.2 Å². The van der Waals surface area contributed by atoms with Crippen molar-refractivity contribution < 1.29 is 14.3 Å². The molecule has 0 saturated carbocycles. The highest BCUT2D eigenvalue weighted by Crippen LogP contribution is 2.31. The van der Waals surface area contributed by atoms with Crippen LogP contribution in [0.25, 0.3) is 16.8 Å². The Hall–Kier alpha value is -3.17. The van der Waals surface area contributed by atoms with Crippen molar-refractivity contribution in [1.29, 1.82) is 0 Å². The van der Waals surface area contributed by atoms with Crippen LogP contribution in [0.4, 0.5) is 0 Å². The molecule has 1 aliphatic heterocycles. The Labute approximate surface area is 156 Å². The molecule has 2 aromatic rings. The highest BCUT2D eigenvalue weighted by molar-refractivity contribution is 7.80. The van der Waals surface area contributed by atoms with Crippen molar-refractivity contribution in [1.82, 2.24) is 9.80 Å². The quantitative estimate of drug-likeness (QED) is 0.363. The van der Waals surface area contributed by atoms with Gasteiger partial charge in [0.25, 0.3) is 11.8 Å². The molecule has 130 valence electrons. The molecule has 2 aromatic carbocycles. The first-order chi connectivity index (χ1) is 12.5. The fourth-order valence-corrected chi connectivity index (χ4v) is 2.95. The molecule has 0 aromatic heterocycles. The predicted octanol–water partition coefficient (Wildman–Crippen LogP) is 2.45. The van der Waals surface area contributed by atoms with Gasteiger partial charge in [0.05, 0.1) is 0 Å². The van der Waals surface area contributed by atoms with Crippen molar-refractivity contribution in [2.75, 3.05) is 20.7 Å². The number of hydrogen-bond donors (Lipinski definition) is 0. The summed E-state index contributed by atoms with van der Waals surface area (Å²) >= 11 is 5.12. The minimum absolute atomic E-state index is 0.0190. The third kappa shape index (κ3) is 2.93. The number of rotatable bonds is 3. The highest BCUT2D eigenvalue weighted by atomic mass is 32.1. The summed E-state index contributed by atoms with van der Waals surface area (Å²) in [7, 11) is 3.08. The van der Waals surface area contributed by atoms with E-state index in [1.807, 2.05) is 30.3 Å². The van der Waals surface area contributed by atoms with E-state index in [4.69, 9.17) is 23.4 Å². The molecule has 0 spiro atoms.